The van der Waals surface area contributed by atoms with E-state index >= 15 is 0 Å². The van der Waals surface area contributed by atoms with Crippen molar-refractivity contribution in [1.82, 2.24) is 0 Å². The van der Waals surface area contributed by atoms with Gasteiger partial charge in [-0.15, -0.1) is 40.5 Å². The summed E-state index contributed by atoms with van der Waals surface area (Å²) in [5.41, 5.74) is 0. The summed E-state index contributed by atoms with van der Waals surface area (Å²) in [4.78, 5) is 70.9. The molecule has 1 aliphatic carbocycles. The minimum Gasteiger partial charge on any atom is -0.314 e. The van der Waals surface area contributed by atoms with Crippen molar-refractivity contribution in [3.8, 4) is 0 Å². The van der Waals surface area contributed by atoms with Crippen molar-refractivity contribution in [2.45, 2.75) is 6.42 Å². The average Bonchev–Trinajstić information content (AvgIpc) is 2.55. The number of carbonyl (C=O) groups is 1. The summed E-state index contributed by atoms with van der Waals surface area (Å²) in [6.45, 7) is -2.81. The lowest BCUT2D eigenvalue weighted by atomic mass is 9.68. The molecule has 0 amide bonds. The molecule has 0 saturated heterocycles. The zero-order valence-electron chi connectivity index (χ0n) is 13.4. The average molecular weight is 398 g/mol. The lowest BCUT2D eigenvalue weighted by molar-refractivity contribution is -0.765. The summed E-state index contributed by atoms with van der Waals surface area (Å²) in [6, 6.07) is 0. The Bertz CT molecular complexity index is 550. The molecule has 0 aromatic rings. The van der Waals surface area contributed by atoms with E-state index in [9.17, 15) is 45.3 Å². The second-order valence-electron chi connectivity index (χ2n) is 5.45. The second-order valence-corrected chi connectivity index (χ2v) is 5.45. The third-order valence-corrected chi connectivity index (χ3v) is 3.98. The molecule has 17 nitrogen and oxygen atoms in total. The second kappa shape index (κ2) is 9.82. The number of hydrogen-bond donors (Lipinski definition) is 0. The van der Waals surface area contributed by atoms with Crippen molar-refractivity contribution in [3.63, 3.8) is 0 Å². The predicted octanol–water partition coefficient (Wildman–Crippen LogP) is -0.743. The highest BCUT2D eigenvalue weighted by molar-refractivity contribution is 5.85. The summed E-state index contributed by atoms with van der Waals surface area (Å²) >= 11 is 0. The zero-order valence-corrected chi connectivity index (χ0v) is 13.4. The Balaban J connectivity index is 3.01. The van der Waals surface area contributed by atoms with Crippen LogP contribution in [0.15, 0.2) is 0 Å². The van der Waals surface area contributed by atoms with Crippen LogP contribution < -0.4 is 0 Å². The molecule has 0 spiro atoms. The SMILES string of the molecule is O=C1C(CO[N+](=O)[O-])C(CO[N+](=O)[O-])CC(CO[N+](=O)[O-])C1CO[N+](=O)[O-]. The minimum atomic E-state index is -1.28. The highest BCUT2D eigenvalue weighted by Gasteiger charge is 2.45. The fraction of sp³-hybridized carbons (Fsp3) is 0.900. The van der Waals surface area contributed by atoms with E-state index in [1.165, 1.54) is 0 Å². The molecule has 1 rings (SSSR count). The van der Waals surface area contributed by atoms with E-state index in [0.717, 1.165) is 0 Å². The number of carbonyl (C=O) groups excluding carboxylic acids is 1. The van der Waals surface area contributed by atoms with E-state index in [2.05, 4.69) is 19.4 Å². The number of ketones is 1. The topological polar surface area (TPSA) is 227 Å². The van der Waals surface area contributed by atoms with Crippen LogP contribution in [0.25, 0.3) is 0 Å². The van der Waals surface area contributed by atoms with Crippen molar-refractivity contribution in [2.24, 2.45) is 23.7 Å². The van der Waals surface area contributed by atoms with Crippen LogP contribution >= 0.6 is 0 Å². The first kappa shape index (κ1) is 21.5. The molecule has 1 saturated carbocycles. The van der Waals surface area contributed by atoms with E-state index in [1.807, 2.05) is 0 Å². The molecule has 17 heteroatoms. The van der Waals surface area contributed by atoms with Gasteiger partial charge in [0.25, 0.3) is 20.3 Å². The molecule has 27 heavy (non-hydrogen) atoms. The third kappa shape index (κ3) is 7.08. The number of Topliss-reactive ketones (excluding diaryl/α,β-unsaturated/α-hetero) is 1. The standard InChI is InChI=1S/C10H14N4O13/c15-10-8(4-26-13(20)21)6(2-24-11(16)17)1-7(3-25-12(18)19)9(10)5-27-14(22)23/h6-9H,1-5H2. The first-order chi connectivity index (χ1) is 12.6. The molecule has 0 aromatic carbocycles. The number of hydrogen-bond acceptors (Lipinski definition) is 13. The number of nitrogens with zero attached hydrogens (tertiary/aromatic N) is 4. The van der Waals surface area contributed by atoms with Crippen LogP contribution in [0, 0.1) is 64.1 Å². The highest BCUT2D eigenvalue weighted by Crippen LogP contribution is 2.37. The third-order valence-electron chi connectivity index (χ3n) is 3.98. The summed E-state index contributed by atoms with van der Waals surface area (Å²) in [5.74, 6) is -5.31. The fourth-order valence-electron chi connectivity index (χ4n) is 2.86. The number of rotatable bonds is 12. The Morgan fingerprint density at radius 3 is 1.26 bits per heavy atom. The highest BCUT2D eigenvalue weighted by atomic mass is 17.0. The lowest BCUT2D eigenvalue weighted by Gasteiger charge is -2.38. The fourth-order valence-corrected chi connectivity index (χ4v) is 2.86. The van der Waals surface area contributed by atoms with Gasteiger partial charge in [-0.05, 0) is 18.3 Å². The summed E-state index contributed by atoms with van der Waals surface area (Å²) in [7, 11) is 0. The molecule has 4 atom stereocenters. The predicted molar refractivity (Wildman–Crippen MR) is 75.4 cm³/mol. The normalized spacial score (nSPS) is 24.5. The maximum atomic E-state index is 12.6. The van der Waals surface area contributed by atoms with E-state index < -0.39 is 76.2 Å². The Kier molecular flexibility index (Phi) is 7.83. The van der Waals surface area contributed by atoms with Gasteiger partial charge in [-0.25, -0.2) is 0 Å². The van der Waals surface area contributed by atoms with Crippen LogP contribution in [-0.4, -0.2) is 52.6 Å². The van der Waals surface area contributed by atoms with Crippen LogP contribution in [0.2, 0.25) is 0 Å². The maximum absolute atomic E-state index is 12.6. The molecule has 0 heterocycles. The minimum absolute atomic E-state index is 0.148. The quantitative estimate of drug-likeness (QED) is 0.291. The van der Waals surface area contributed by atoms with Crippen molar-refractivity contribution >= 4 is 5.78 Å². The molecular weight excluding hydrogens is 384 g/mol. The zero-order chi connectivity index (χ0) is 20.6. The molecule has 1 aliphatic rings. The van der Waals surface area contributed by atoms with Gasteiger partial charge in [-0.1, -0.05) is 0 Å². The van der Waals surface area contributed by atoms with Crippen LogP contribution in [0.3, 0.4) is 0 Å². The van der Waals surface area contributed by atoms with Gasteiger partial charge in [0.05, 0.1) is 0 Å². The van der Waals surface area contributed by atoms with Crippen LogP contribution in [-0.2, 0) is 24.1 Å². The smallest absolute Gasteiger partial charge is 0.294 e. The summed E-state index contributed by atoms with van der Waals surface area (Å²) in [6.07, 6.45) is -0.148. The largest absolute Gasteiger partial charge is 0.314 e. The molecule has 0 N–H and O–H groups in total. The van der Waals surface area contributed by atoms with Gasteiger partial charge < -0.3 is 19.4 Å². The maximum Gasteiger partial charge on any atom is 0.294 e. The molecular formula is C10H14N4O13. The van der Waals surface area contributed by atoms with E-state index in [1.54, 1.807) is 0 Å². The van der Waals surface area contributed by atoms with Crippen LogP contribution in [0.4, 0.5) is 0 Å². The van der Waals surface area contributed by atoms with Gasteiger partial charge in [-0.2, -0.15) is 0 Å². The molecule has 1 fully saturated rings. The van der Waals surface area contributed by atoms with Crippen molar-refractivity contribution in [3.05, 3.63) is 40.5 Å². The van der Waals surface area contributed by atoms with Crippen molar-refractivity contribution < 1.29 is 44.5 Å². The van der Waals surface area contributed by atoms with Gasteiger partial charge in [0, 0.05) is 11.8 Å². The van der Waals surface area contributed by atoms with Crippen molar-refractivity contribution in [2.75, 3.05) is 26.4 Å². The molecule has 4 unspecified atom stereocenters. The van der Waals surface area contributed by atoms with Crippen LogP contribution in [0.1, 0.15) is 6.42 Å². The Morgan fingerprint density at radius 1 is 0.667 bits per heavy atom. The van der Waals surface area contributed by atoms with E-state index in [-0.39, 0.29) is 6.42 Å². The van der Waals surface area contributed by atoms with Gasteiger partial charge in [0.2, 0.25) is 0 Å². The van der Waals surface area contributed by atoms with E-state index in [0.29, 0.717) is 0 Å². The lowest BCUT2D eigenvalue weighted by Crippen LogP contribution is -2.48. The van der Waals surface area contributed by atoms with E-state index in [4.69, 9.17) is 0 Å². The monoisotopic (exact) mass is 398 g/mol. The Morgan fingerprint density at radius 2 is 0.963 bits per heavy atom. The van der Waals surface area contributed by atoms with Gasteiger partial charge in [0.15, 0.2) is 0 Å². The van der Waals surface area contributed by atoms with Gasteiger partial charge in [-0.3, -0.25) is 4.79 Å². The van der Waals surface area contributed by atoms with Crippen molar-refractivity contribution in [1.29, 1.82) is 0 Å². The summed E-state index contributed by atoms with van der Waals surface area (Å²) < 4.78 is 0. The molecule has 0 radical (unpaired) electrons. The summed E-state index contributed by atoms with van der Waals surface area (Å²) in [5, 5.41) is 36.9. The molecule has 0 bridgehead atoms. The van der Waals surface area contributed by atoms with Crippen LogP contribution in [0.5, 0.6) is 0 Å². The van der Waals surface area contributed by atoms with Gasteiger partial charge >= 0.3 is 0 Å². The molecule has 152 valence electrons. The first-order valence-electron chi connectivity index (χ1n) is 7.24. The molecule has 0 aromatic heterocycles. The Hall–Kier alpha value is -3.53. The molecule has 0 aliphatic heterocycles. The van der Waals surface area contributed by atoms with Gasteiger partial charge in [0.1, 0.15) is 32.2 Å². The first-order valence-corrected chi connectivity index (χ1v) is 7.24. The Labute approximate surface area is 148 Å².